The van der Waals surface area contributed by atoms with Crippen molar-refractivity contribution in [2.45, 2.75) is 24.9 Å². The summed E-state index contributed by atoms with van der Waals surface area (Å²) in [6.45, 7) is 0.284. The van der Waals surface area contributed by atoms with Gasteiger partial charge in [0, 0.05) is 30.4 Å². The number of amides is 3. The van der Waals surface area contributed by atoms with Gasteiger partial charge in [-0.15, -0.1) is 0 Å². The molecular formula is C19H16F2N4O2. The van der Waals surface area contributed by atoms with Gasteiger partial charge in [-0.05, 0) is 35.7 Å². The fourth-order valence-corrected chi connectivity index (χ4v) is 4.40. The number of carbonyl (C=O) groups is 2. The number of pyridine rings is 1. The third-order valence-corrected chi connectivity index (χ3v) is 5.71. The van der Waals surface area contributed by atoms with Gasteiger partial charge in [-0.1, -0.05) is 0 Å². The van der Waals surface area contributed by atoms with Crippen molar-refractivity contribution in [3.63, 3.8) is 0 Å². The Hall–Kier alpha value is -3.03. The zero-order valence-electron chi connectivity index (χ0n) is 14.3. The molecule has 1 aromatic heterocycles. The number of hydrogen-bond acceptors (Lipinski definition) is 3. The van der Waals surface area contributed by atoms with E-state index >= 15 is 0 Å². The monoisotopic (exact) mass is 370 g/mol. The summed E-state index contributed by atoms with van der Waals surface area (Å²) in [5, 5.41) is 2.52. The molecule has 138 valence electrons. The lowest BCUT2D eigenvalue weighted by Crippen LogP contribution is -2.46. The van der Waals surface area contributed by atoms with E-state index in [1.807, 2.05) is 6.07 Å². The SMILES string of the molecule is O=C1Nc2ccc(F)c(F)c2CN1CC(=O)N1CC2C[C@@H]1c1cnccc12. The average molecular weight is 370 g/mol. The van der Waals surface area contributed by atoms with E-state index < -0.39 is 17.7 Å². The third kappa shape index (κ3) is 2.39. The number of carbonyl (C=O) groups excluding carboxylic acids is 2. The molecule has 27 heavy (non-hydrogen) atoms. The third-order valence-electron chi connectivity index (χ3n) is 5.71. The summed E-state index contributed by atoms with van der Waals surface area (Å²) in [7, 11) is 0. The predicted molar refractivity (Wildman–Crippen MR) is 91.8 cm³/mol. The molecule has 6 nitrogen and oxygen atoms in total. The molecule has 1 fully saturated rings. The van der Waals surface area contributed by atoms with Gasteiger partial charge in [0.2, 0.25) is 5.91 Å². The number of fused-ring (bicyclic) bond motifs is 6. The van der Waals surface area contributed by atoms with Gasteiger partial charge in [0.05, 0.1) is 18.3 Å². The first-order valence-corrected chi connectivity index (χ1v) is 8.79. The standard InChI is InChI=1S/C19H16F2N4O2/c20-14-1-2-15-13(18(14)21)8-24(19(27)23-15)9-17(26)25-7-10-5-16(25)12-6-22-4-3-11(10)12/h1-4,6,10,16H,5,7-9H2,(H,23,27)/t10?,16-/m1/s1. The number of rotatable bonds is 2. The maximum atomic E-state index is 14.1. The largest absolute Gasteiger partial charge is 0.333 e. The van der Waals surface area contributed by atoms with Gasteiger partial charge in [0.15, 0.2) is 11.6 Å². The van der Waals surface area contributed by atoms with Gasteiger partial charge < -0.3 is 15.1 Å². The van der Waals surface area contributed by atoms with Gasteiger partial charge >= 0.3 is 6.03 Å². The van der Waals surface area contributed by atoms with Gasteiger partial charge in [-0.25, -0.2) is 13.6 Å². The van der Waals surface area contributed by atoms with Crippen LogP contribution < -0.4 is 5.32 Å². The molecule has 2 atom stereocenters. The van der Waals surface area contributed by atoms with E-state index in [2.05, 4.69) is 10.3 Å². The number of halogens is 2. The van der Waals surface area contributed by atoms with E-state index in [1.54, 1.807) is 17.3 Å². The van der Waals surface area contributed by atoms with E-state index in [0.29, 0.717) is 12.5 Å². The first kappa shape index (κ1) is 16.2. The molecule has 3 amide bonds. The minimum absolute atomic E-state index is 0.0273. The second-order valence-corrected chi connectivity index (χ2v) is 7.17. The molecule has 3 heterocycles. The summed E-state index contributed by atoms with van der Waals surface area (Å²) >= 11 is 0. The average Bonchev–Trinajstić information content (AvgIpc) is 3.26. The lowest BCUT2D eigenvalue weighted by Gasteiger charge is -2.33. The summed E-state index contributed by atoms with van der Waals surface area (Å²) in [5.74, 6) is -1.88. The summed E-state index contributed by atoms with van der Waals surface area (Å²) in [6.07, 6.45) is 4.41. The minimum atomic E-state index is -0.995. The van der Waals surface area contributed by atoms with Crippen molar-refractivity contribution >= 4 is 17.6 Å². The number of nitrogens with one attached hydrogen (secondary N) is 1. The van der Waals surface area contributed by atoms with Crippen LogP contribution in [0.15, 0.2) is 30.6 Å². The van der Waals surface area contributed by atoms with Crippen LogP contribution in [0.4, 0.5) is 19.3 Å². The van der Waals surface area contributed by atoms with Crippen molar-refractivity contribution in [2.75, 3.05) is 18.4 Å². The summed E-state index contributed by atoms with van der Waals surface area (Å²) in [6, 6.07) is 3.78. The Balaban J connectivity index is 1.35. The molecule has 1 saturated heterocycles. The molecule has 5 rings (SSSR count). The second kappa shape index (κ2) is 5.73. The molecule has 1 unspecified atom stereocenters. The molecule has 2 aromatic rings. The van der Waals surface area contributed by atoms with Crippen LogP contribution in [0.2, 0.25) is 0 Å². The Morgan fingerprint density at radius 1 is 1.26 bits per heavy atom. The molecule has 0 spiro atoms. The first-order chi connectivity index (χ1) is 13.0. The smallest absolute Gasteiger partial charge is 0.322 e. The number of benzene rings is 1. The van der Waals surface area contributed by atoms with E-state index in [4.69, 9.17) is 0 Å². The van der Waals surface area contributed by atoms with Crippen LogP contribution >= 0.6 is 0 Å². The summed E-state index contributed by atoms with van der Waals surface area (Å²) < 4.78 is 27.5. The number of anilines is 1. The maximum Gasteiger partial charge on any atom is 0.322 e. The number of likely N-dealkylation sites (tertiary alicyclic amines) is 1. The molecule has 1 aromatic carbocycles. The topological polar surface area (TPSA) is 65.5 Å². The van der Waals surface area contributed by atoms with Crippen molar-refractivity contribution in [1.29, 1.82) is 0 Å². The maximum absolute atomic E-state index is 14.1. The number of aromatic nitrogens is 1. The quantitative estimate of drug-likeness (QED) is 0.884. The zero-order chi connectivity index (χ0) is 18.7. The predicted octanol–water partition coefficient (Wildman–Crippen LogP) is 2.78. The molecule has 2 bridgehead atoms. The molecule has 8 heteroatoms. The number of nitrogens with zero attached hydrogens (tertiary/aromatic N) is 3. The number of hydrogen-bond donors (Lipinski definition) is 1. The second-order valence-electron chi connectivity index (χ2n) is 7.17. The van der Waals surface area contributed by atoms with Crippen LogP contribution in [0.1, 0.15) is 35.1 Å². The Morgan fingerprint density at radius 2 is 2.11 bits per heavy atom. The Labute approximate surface area is 153 Å². The van der Waals surface area contributed by atoms with Crippen LogP contribution in [-0.2, 0) is 11.3 Å². The normalized spacial score (nSPS) is 22.5. The Kier molecular flexibility index (Phi) is 3.43. The molecule has 0 radical (unpaired) electrons. The molecular weight excluding hydrogens is 354 g/mol. The molecule has 0 saturated carbocycles. The summed E-state index contributed by atoms with van der Waals surface area (Å²) in [5.41, 5.74) is 2.59. The highest BCUT2D eigenvalue weighted by Gasteiger charge is 2.45. The molecule has 1 N–H and O–H groups in total. The summed E-state index contributed by atoms with van der Waals surface area (Å²) in [4.78, 5) is 32.2. The van der Waals surface area contributed by atoms with Gasteiger partial charge in [-0.2, -0.15) is 0 Å². The minimum Gasteiger partial charge on any atom is -0.333 e. The molecule has 1 aliphatic carbocycles. The van der Waals surface area contributed by atoms with E-state index in [0.717, 1.165) is 18.1 Å². The lowest BCUT2D eigenvalue weighted by atomic mass is 10.0. The highest BCUT2D eigenvalue weighted by atomic mass is 19.2. The van der Waals surface area contributed by atoms with Crippen LogP contribution in [0.25, 0.3) is 0 Å². The Morgan fingerprint density at radius 3 is 2.96 bits per heavy atom. The lowest BCUT2D eigenvalue weighted by molar-refractivity contribution is -0.133. The van der Waals surface area contributed by atoms with E-state index in [9.17, 15) is 18.4 Å². The highest BCUT2D eigenvalue weighted by Crippen LogP contribution is 2.49. The first-order valence-electron chi connectivity index (χ1n) is 8.79. The van der Waals surface area contributed by atoms with Crippen LogP contribution in [-0.4, -0.2) is 39.8 Å². The fraction of sp³-hybridized carbons (Fsp3) is 0.316. The van der Waals surface area contributed by atoms with Crippen molar-refractivity contribution < 1.29 is 18.4 Å². The van der Waals surface area contributed by atoms with Gasteiger partial charge in [-0.3, -0.25) is 9.78 Å². The fourth-order valence-electron chi connectivity index (χ4n) is 4.40. The van der Waals surface area contributed by atoms with Crippen molar-refractivity contribution in [3.05, 3.63) is 58.9 Å². The zero-order valence-corrected chi connectivity index (χ0v) is 14.3. The van der Waals surface area contributed by atoms with Crippen molar-refractivity contribution in [1.82, 2.24) is 14.8 Å². The highest BCUT2D eigenvalue weighted by molar-refractivity contribution is 5.95. The van der Waals surface area contributed by atoms with Crippen LogP contribution in [0.3, 0.4) is 0 Å². The van der Waals surface area contributed by atoms with Gasteiger partial charge in [0.1, 0.15) is 6.54 Å². The molecule has 2 aliphatic heterocycles. The molecule has 3 aliphatic rings. The van der Waals surface area contributed by atoms with Crippen molar-refractivity contribution in [3.8, 4) is 0 Å². The van der Waals surface area contributed by atoms with E-state index in [-0.39, 0.29) is 36.3 Å². The van der Waals surface area contributed by atoms with Gasteiger partial charge in [0.25, 0.3) is 0 Å². The van der Waals surface area contributed by atoms with E-state index in [1.165, 1.54) is 16.5 Å². The van der Waals surface area contributed by atoms with Crippen molar-refractivity contribution in [2.24, 2.45) is 0 Å². The Bertz CT molecular complexity index is 980. The number of urea groups is 1. The van der Waals surface area contributed by atoms with Crippen LogP contribution in [0.5, 0.6) is 0 Å². The van der Waals surface area contributed by atoms with Crippen LogP contribution in [0, 0.1) is 11.6 Å².